The van der Waals surface area contributed by atoms with Crippen LogP contribution in [0.15, 0.2) is 60.0 Å². The van der Waals surface area contributed by atoms with Crippen LogP contribution in [0.4, 0.5) is 10.1 Å². The number of halogens is 1. The predicted molar refractivity (Wildman–Crippen MR) is 103 cm³/mol. The van der Waals surface area contributed by atoms with Gasteiger partial charge in [0, 0.05) is 16.1 Å². The smallest absolute Gasteiger partial charge is 0.258 e. The zero-order chi connectivity index (χ0) is 19.0. The quantitative estimate of drug-likeness (QED) is 0.717. The van der Waals surface area contributed by atoms with Gasteiger partial charge in [-0.2, -0.15) is 0 Å². The maximum atomic E-state index is 14.3. The standard InChI is InChI=1S/C21H17FN2O2S/c1-13-8-9-17-15(11-13)20(18-7-4-10-27-18)24(12-19(25)23-17)21(26)14-5-2-3-6-16(14)22/h2-11,20H,12H2,1H3,(H,23,25). The van der Waals surface area contributed by atoms with Crippen molar-refractivity contribution in [3.8, 4) is 0 Å². The average Bonchev–Trinajstić information content (AvgIpc) is 3.13. The molecule has 0 aliphatic carbocycles. The molecule has 0 bridgehead atoms. The van der Waals surface area contributed by atoms with E-state index in [9.17, 15) is 14.0 Å². The predicted octanol–water partition coefficient (Wildman–Crippen LogP) is 4.38. The minimum atomic E-state index is -0.596. The van der Waals surface area contributed by atoms with Crippen molar-refractivity contribution in [1.29, 1.82) is 0 Å². The van der Waals surface area contributed by atoms with Gasteiger partial charge in [-0.15, -0.1) is 11.3 Å². The summed E-state index contributed by atoms with van der Waals surface area (Å²) >= 11 is 1.50. The molecule has 6 heteroatoms. The van der Waals surface area contributed by atoms with Crippen LogP contribution in [0.2, 0.25) is 0 Å². The molecule has 0 saturated heterocycles. The Bertz CT molecular complexity index is 1020. The zero-order valence-corrected chi connectivity index (χ0v) is 15.4. The van der Waals surface area contributed by atoms with Crippen molar-refractivity contribution in [3.05, 3.63) is 87.4 Å². The maximum absolute atomic E-state index is 14.3. The molecular weight excluding hydrogens is 363 g/mol. The number of amides is 2. The lowest BCUT2D eigenvalue weighted by molar-refractivity contribution is -0.117. The van der Waals surface area contributed by atoms with E-state index in [1.807, 2.05) is 42.6 Å². The van der Waals surface area contributed by atoms with Crippen LogP contribution >= 0.6 is 11.3 Å². The molecule has 0 fully saturated rings. The van der Waals surface area contributed by atoms with Crippen LogP contribution in [0.3, 0.4) is 0 Å². The molecule has 4 rings (SSSR count). The number of benzene rings is 2. The van der Waals surface area contributed by atoms with Gasteiger partial charge in [-0.3, -0.25) is 9.59 Å². The monoisotopic (exact) mass is 380 g/mol. The highest BCUT2D eigenvalue weighted by Gasteiger charge is 2.35. The molecule has 2 heterocycles. The van der Waals surface area contributed by atoms with Gasteiger partial charge in [0.1, 0.15) is 12.4 Å². The van der Waals surface area contributed by atoms with Gasteiger partial charge in [-0.25, -0.2) is 4.39 Å². The third-order valence-electron chi connectivity index (χ3n) is 4.58. The molecule has 2 amide bonds. The Morgan fingerprint density at radius 1 is 1.19 bits per heavy atom. The number of aryl methyl sites for hydroxylation is 1. The number of thiophene rings is 1. The molecule has 136 valence electrons. The lowest BCUT2D eigenvalue weighted by Crippen LogP contribution is -2.39. The molecule has 1 N–H and O–H groups in total. The Labute approximate surface area is 160 Å². The Morgan fingerprint density at radius 2 is 2.00 bits per heavy atom. The molecule has 3 aromatic rings. The second-order valence-electron chi connectivity index (χ2n) is 6.47. The number of nitrogens with zero attached hydrogens (tertiary/aromatic N) is 1. The van der Waals surface area contributed by atoms with E-state index in [1.165, 1.54) is 34.4 Å². The third kappa shape index (κ3) is 3.24. The molecule has 0 saturated carbocycles. The minimum absolute atomic E-state index is 0.0389. The Balaban J connectivity index is 1.89. The highest BCUT2D eigenvalue weighted by atomic mass is 32.1. The number of fused-ring (bicyclic) bond motifs is 1. The van der Waals surface area contributed by atoms with E-state index in [1.54, 1.807) is 6.07 Å². The van der Waals surface area contributed by atoms with Gasteiger partial charge in [-0.05, 0) is 36.6 Å². The third-order valence-corrected chi connectivity index (χ3v) is 5.50. The summed E-state index contributed by atoms with van der Waals surface area (Å²) < 4.78 is 14.3. The van der Waals surface area contributed by atoms with Gasteiger partial charge in [0.2, 0.25) is 5.91 Å². The van der Waals surface area contributed by atoms with E-state index in [-0.39, 0.29) is 18.0 Å². The second-order valence-corrected chi connectivity index (χ2v) is 7.45. The maximum Gasteiger partial charge on any atom is 0.258 e. The molecule has 1 aliphatic heterocycles. The molecule has 1 aliphatic rings. The second kappa shape index (κ2) is 6.96. The lowest BCUT2D eigenvalue weighted by Gasteiger charge is -2.29. The Morgan fingerprint density at radius 3 is 2.74 bits per heavy atom. The van der Waals surface area contributed by atoms with Crippen LogP contribution in [0.5, 0.6) is 0 Å². The zero-order valence-electron chi connectivity index (χ0n) is 14.6. The van der Waals surface area contributed by atoms with E-state index < -0.39 is 17.8 Å². The summed E-state index contributed by atoms with van der Waals surface area (Å²) in [6.45, 7) is 1.81. The summed E-state index contributed by atoms with van der Waals surface area (Å²) in [5, 5.41) is 4.80. The molecule has 0 spiro atoms. The van der Waals surface area contributed by atoms with Gasteiger partial charge < -0.3 is 10.2 Å². The first-order valence-corrected chi connectivity index (χ1v) is 9.42. The minimum Gasteiger partial charge on any atom is -0.324 e. The van der Waals surface area contributed by atoms with Crippen LogP contribution in [0.25, 0.3) is 0 Å². The highest BCUT2D eigenvalue weighted by Crippen LogP contribution is 2.39. The van der Waals surface area contributed by atoms with Crippen molar-refractivity contribution < 1.29 is 14.0 Å². The number of nitrogens with one attached hydrogen (secondary N) is 1. The normalized spacial score (nSPS) is 16.4. The molecule has 1 unspecified atom stereocenters. The first-order valence-electron chi connectivity index (χ1n) is 8.54. The first-order chi connectivity index (χ1) is 13.0. The van der Waals surface area contributed by atoms with Crippen molar-refractivity contribution in [2.45, 2.75) is 13.0 Å². The average molecular weight is 380 g/mol. The number of hydrogen-bond acceptors (Lipinski definition) is 3. The molecule has 4 nitrogen and oxygen atoms in total. The van der Waals surface area contributed by atoms with Crippen LogP contribution in [0.1, 0.15) is 32.4 Å². The summed E-state index contributed by atoms with van der Waals surface area (Å²) in [5.41, 5.74) is 2.48. The SMILES string of the molecule is Cc1ccc2c(c1)C(c1cccs1)N(C(=O)c1ccccc1F)CC(=O)N2. The van der Waals surface area contributed by atoms with Crippen LogP contribution in [-0.4, -0.2) is 23.3 Å². The van der Waals surface area contributed by atoms with E-state index >= 15 is 0 Å². The number of anilines is 1. The van der Waals surface area contributed by atoms with Gasteiger partial charge in [0.05, 0.1) is 11.6 Å². The van der Waals surface area contributed by atoms with E-state index in [4.69, 9.17) is 0 Å². The van der Waals surface area contributed by atoms with E-state index in [2.05, 4.69) is 5.32 Å². The van der Waals surface area contributed by atoms with E-state index in [0.717, 1.165) is 16.0 Å². The van der Waals surface area contributed by atoms with Crippen LogP contribution < -0.4 is 5.32 Å². The van der Waals surface area contributed by atoms with Gasteiger partial charge in [0.25, 0.3) is 5.91 Å². The van der Waals surface area contributed by atoms with Gasteiger partial charge in [-0.1, -0.05) is 35.9 Å². The van der Waals surface area contributed by atoms with Crippen molar-refractivity contribution in [2.24, 2.45) is 0 Å². The van der Waals surface area contributed by atoms with Crippen LogP contribution in [-0.2, 0) is 4.79 Å². The van der Waals surface area contributed by atoms with Crippen LogP contribution in [0, 0.1) is 12.7 Å². The molecular formula is C21H17FN2O2S. The fourth-order valence-corrected chi connectivity index (χ4v) is 4.21. The number of rotatable bonds is 2. The summed E-state index contributed by atoms with van der Waals surface area (Å²) in [7, 11) is 0. The van der Waals surface area contributed by atoms with Crippen molar-refractivity contribution in [3.63, 3.8) is 0 Å². The molecule has 0 radical (unpaired) electrons. The fourth-order valence-electron chi connectivity index (χ4n) is 3.36. The fraction of sp³-hybridized carbons (Fsp3) is 0.143. The van der Waals surface area contributed by atoms with Crippen molar-refractivity contribution in [1.82, 2.24) is 4.90 Å². The first kappa shape index (κ1) is 17.4. The van der Waals surface area contributed by atoms with Gasteiger partial charge >= 0.3 is 0 Å². The summed E-state index contributed by atoms with van der Waals surface area (Å²) in [6.07, 6.45) is 0. The van der Waals surface area contributed by atoms with Crippen molar-refractivity contribution >= 4 is 28.8 Å². The number of hydrogen-bond donors (Lipinski definition) is 1. The highest BCUT2D eigenvalue weighted by molar-refractivity contribution is 7.10. The summed E-state index contributed by atoms with van der Waals surface area (Å²) in [6, 6.07) is 15.0. The largest absolute Gasteiger partial charge is 0.324 e. The summed E-state index contributed by atoms with van der Waals surface area (Å²) in [4.78, 5) is 28.1. The Kier molecular flexibility index (Phi) is 4.49. The Hall–Kier alpha value is -2.99. The topological polar surface area (TPSA) is 49.4 Å². The molecule has 27 heavy (non-hydrogen) atoms. The molecule has 2 aromatic carbocycles. The number of carbonyl (C=O) groups excluding carboxylic acids is 2. The number of carbonyl (C=O) groups is 2. The summed E-state index contributed by atoms with van der Waals surface area (Å²) in [5.74, 6) is -1.40. The van der Waals surface area contributed by atoms with Crippen molar-refractivity contribution in [2.75, 3.05) is 11.9 Å². The molecule has 1 aromatic heterocycles. The van der Waals surface area contributed by atoms with Gasteiger partial charge in [0.15, 0.2) is 0 Å². The molecule has 1 atom stereocenters. The van der Waals surface area contributed by atoms with E-state index in [0.29, 0.717) is 5.69 Å². The lowest BCUT2D eigenvalue weighted by atomic mass is 9.99.